The van der Waals surface area contributed by atoms with Crippen LogP contribution in [-0.2, 0) is 33.2 Å². The van der Waals surface area contributed by atoms with Crippen molar-refractivity contribution in [2.24, 2.45) is 34.4 Å². The van der Waals surface area contributed by atoms with Crippen LogP contribution in [0.4, 0.5) is 5.69 Å². The summed E-state index contributed by atoms with van der Waals surface area (Å²) in [5.41, 5.74) is 36.6. The molecule has 0 unspecified atom stereocenters. The molecule has 3 saturated heterocycles. The maximum atomic E-state index is 12.7. The van der Waals surface area contributed by atoms with Gasteiger partial charge in [-0.3, -0.25) is 14.9 Å². The quantitative estimate of drug-likeness (QED) is 0.0309. The van der Waals surface area contributed by atoms with Gasteiger partial charge in [0, 0.05) is 43.1 Å². The lowest BCUT2D eigenvalue weighted by Crippen LogP contribution is -2.68. The van der Waals surface area contributed by atoms with Crippen LogP contribution in [-0.4, -0.2) is 217 Å². The number of carbonyl (C=O) groups is 1. The van der Waals surface area contributed by atoms with Gasteiger partial charge in [0.2, 0.25) is 5.91 Å². The molecule has 1 aromatic carbocycles. The number of benzene rings is 1. The molecule has 0 radical (unpaired) electrons. The molecule has 21 atom stereocenters. The van der Waals surface area contributed by atoms with E-state index in [0.29, 0.717) is 17.9 Å². The number of ether oxygens (including phenoxy) is 6. The molecule has 25 nitrogen and oxygen atoms in total. The van der Waals surface area contributed by atoms with E-state index in [9.17, 15) is 55.8 Å². The largest absolute Gasteiger partial charge is 0.394 e. The highest BCUT2D eigenvalue weighted by Gasteiger charge is 2.54. The third kappa shape index (κ3) is 12.7. The highest BCUT2D eigenvalue weighted by molar-refractivity contribution is 8.00. The topological polar surface area (TPSA) is 446 Å². The van der Waals surface area contributed by atoms with Gasteiger partial charge in [0.25, 0.3) is 5.69 Å². The summed E-state index contributed by atoms with van der Waals surface area (Å²) in [5.74, 6) is 0.812. The molecule has 1 saturated carbocycles. The first kappa shape index (κ1) is 53.0. The highest BCUT2D eigenvalue weighted by Crippen LogP contribution is 2.35. The number of carbonyl (C=O) groups excluding carboxylic acids is 1. The van der Waals surface area contributed by atoms with E-state index in [2.05, 4.69) is 5.32 Å². The van der Waals surface area contributed by atoms with Crippen molar-refractivity contribution in [2.75, 3.05) is 42.7 Å². The monoisotopic (exact) mass is 956 g/mol. The second-order valence-corrected chi connectivity index (χ2v) is 18.5. The third-order valence-electron chi connectivity index (χ3n) is 11.7. The summed E-state index contributed by atoms with van der Waals surface area (Å²) in [5, 5.41) is 99.0. The number of nitrogens with zero attached hydrogens (tertiary/aromatic N) is 1. The van der Waals surface area contributed by atoms with Crippen molar-refractivity contribution in [1.82, 2.24) is 5.32 Å². The summed E-state index contributed by atoms with van der Waals surface area (Å²) in [6.07, 6.45) is -20.6. The molecule has 4 aliphatic rings. The van der Waals surface area contributed by atoms with Crippen molar-refractivity contribution in [3.05, 3.63) is 39.9 Å². The lowest BCUT2D eigenvalue weighted by atomic mass is 9.84. The molecule has 27 heteroatoms. The van der Waals surface area contributed by atoms with Gasteiger partial charge in [0.1, 0.15) is 67.1 Å². The second kappa shape index (κ2) is 24.3. The third-order valence-corrected chi connectivity index (χ3v) is 13.8. The molecule has 3 aliphatic heterocycles. The summed E-state index contributed by atoms with van der Waals surface area (Å²) in [6, 6.07) is -0.278. The van der Waals surface area contributed by atoms with Crippen LogP contribution in [0.25, 0.3) is 0 Å². The molecule has 5 rings (SSSR count). The number of nitrogens with two attached hydrogens (primary N) is 6. The molecule has 4 fully saturated rings. The zero-order valence-corrected chi connectivity index (χ0v) is 36.4. The fourth-order valence-electron chi connectivity index (χ4n) is 7.86. The molecule has 1 aliphatic carbocycles. The molecule has 0 bridgehead atoms. The Morgan fingerprint density at radius 2 is 1.28 bits per heavy atom. The zero-order chi connectivity index (χ0) is 47.0. The van der Waals surface area contributed by atoms with Crippen molar-refractivity contribution in [2.45, 2.75) is 141 Å². The van der Waals surface area contributed by atoms with E-state index in [0.717, 1.165) is 0 Å². The first-order chi connectivity index (χ1) is 30.4. The van der Waals surface area contributed by atoms with Crippen LogP contribution in [0.3, 0.4) is 0 Å². The van der Waals surface area contributed by atoms with Crippen molar-refractivity contribution in [3.63, 3.8) is 0 Å². The minimum absolute atomic E-state index is 0.00692. The fourth-order valence-corrected chi connectivity index (χ4v) is 9.82. The number of hydrogen-bond acceptors (Lipinski definition) is 25. The van der Waals surface area contributed by atoms with Crippen LogP contribution >= 0.6 is 23.5 Å². The van der Waals surface area contributed by atoms with E-state index in [-0.39, 0.29) is 42.3 Å². The first-order valence-electron chi connectivity index (χ1n) is 20.8. The number of amides is 1. The summed E-state index contributed by atoms with van der Waals surface area (Å²) >= 11 is 2.71. The Hall–Kier alpha value is -2.01. The van der Waals surface area contributed by atoms with Gasteiger partial charge < -0.3 is 109 Å². The molecule has 0 aromatic heterocycles. The lowest BCUT2D eigenvalue weighted by molar-refractivity contribution is -0.384. The van der Waals surface area contributed by atoms with Crippen LogP contribution in [0.5, 0.6) is 0 Å². The number of aliphatic hydroxyl groups excluding tert-OH is 8. The van der Waals surface area contributed by atoms with Crippen molar-refractivity contribution in [1.29, 1.82) is 0 Å². The minimum Gasteiger partial charge on any atom is -0.394 e. The van der Waals surface area contributed by atoms with E-state index in [1.807, 2.05) is 0 Å². The summed E-state index contributed by atoms with van der Waals surface area (Å²) < 4.78 is 36.3. The Balaban J connectivity index is 1.20. The number of nitro benzene ring substituents is 1. The van der Waals surface area contributed by atoms with E-state index >= 15 is 0 Å². The van der Waals surface area contributed by atoms with E-state index in [4.69, 9.17) is 62.8 Å². The van der Waals surface area contributed by atoms with Gasteiger partial charge in [-0.15, -0.1) is 0 Å². The molecule has 1 aromatic rings. The molecular formula is C37H64N8O17S2. The molecule has 3 heterocycles. The molecule has 64 heavy (non-hydrogen) atoms. The van der Waals surface area contributed by atoms with Crippen molar-refractivity contribution >= 4 is 35.1 Å². The number of thioether (sulfide) groups is 2. The predicted octanol–water partition coefficient (Wildman–Crippen LogP) is -6.91. The Morgan fingerprint density at radius 1 is 0.750 bits per heavy atom. The Bertz CT molecular complexity index is 1620. The average molecular weight is 957 g/mol. The van der Waals surface area contributed by atoms with Gasteiger partial charge in [-0.2, -0.15) is 23.5 Å². The van der Waals surface area contributed by atoms with Gasteiger partial charge in [-0.25, -0.2) is 0 Å². The van der Waals surface area contributed by atoms with Gasteiger partial charge in [0.15, 0.2) is 18.9 Å². The van der Waals surface area contributed by atoms with Crippen LogP contribution in [0.2, 0.25) is 0 Å². The normalized spacial score (nSPS) is 40.2. The smallest absolute Gasteiger partial charge is 0.269 e. The van der Waals surface area contributed by atoms with Gasteiger partial charge in [0.05, 0.1) is 47.6 Å². The van der Waals surface area contributed by atoms with Gasteiger partial charge in [-0.05, 0) is 42.0 Å². The number of hydrogen-bond donors (Lipinski definition) is 15. The van der Waals surface area contributed by atoms with Crippen molar-refractivity contribution in [3.8, 4) is 0 Å². The van der Waals surface area contributed by atoms with Crippen LogP contribution in [0.15, 0.2) is 24.3 Å². The van der Waals surface area contributed by atoms with E-state index < -0.39 is 146 Å². The lowest BCUT2D eigenvalue weighted by Gasteiger charge is -2.47. The Kier molecular flexibility index (Phi) is 20.1. The van der Waals surface area contributed by atoms with Crippen LogP contribution in [0.1, 0.15) is 24.5 Å². The van der Waals surface area contributed by atoms with E-state index in [1.165, 1.54) is 47.8 Å². The summed E-state index contributed by atoms with van der Waals surface area (Å²) in [7, 11) is 0. The maximum absolute atomic E-state index is 12.7. The molecular weight excluding hydrogens is 893 g/mol. The fraction of sp³-hybridized carbons (Fsp3) is 0.811. The van der Waals surface area contributed by atoms with Crippen molar-refractivity contribution < 1.29 is 79.0 Å². The zero-order valence-electron chi connectivity index (χ0n) is 34.8. The molecule has 21 N–H and O–H groups in total. The number of aliphatic hydroxyl groups is 8. The average Bonchev–Trinajstić information content (AvgIpc) is 3.57. The first-order valence-corrected chi connectivity index (χ1v) is 23.1. The minimum atomic E-state index is -1.59. The Labute approximate surface area is 376 Å². The Morgan fingerprint density at radius 3 is 1.83 bits per heavy atom. The van der Waals surface area contributed by atoms with Crippen LogP contribution in [0, 0.1) is 10.1 Å². The molecule has 0 spiro atoms. The summed E-state index contributed by atoms with van der Waals surface area (Å²) in [4.78, 5) is 23.0. The molecule has 366 valence electrons. The number of non-ortho nitro benzene ring substituents is 1. The highest BCUT2D eigenvalue weighted by atomic mass is 32.2. The summed E-state index contributed by atoms with van der Waals surface area (Å²) in [6.45, 7) is -0.956. The number of nitro groups is 1. The number of nitrogens with one attached hydrogen (secondary N) is 1. The molecule has 1 amide bonds. The maximum Gasteiger partial charge on any atom is 0.269 e. The standard InChI is InChI=1S/C37H64N8O17S2/c38-9-19-27(50)29(52)23(42)35(57-19)60-32-17(41)8-16(40)26(49)34(32)62-37-31(54)33(61-36-24(43)30(53)28(51)20(10-39)58-36)21(59-37)12-63-6-1-7-64-13-22(47)44-18(11-46)25(48)14-2-4-15(5-3-14)45(55)56/h2-5,16-21,23-37,46,48-54H,1,6-13,38-43H2,(H,44,47)/t16-,17+,18-,19-,20-,21-,23-,24+,25-,26+,27-,28+,29-,30+,31-,32-,33-,34-,35-,36+,37+/m1/s1. The number of rotatable bonds is 21. The van der Waals surface area contributed by atoms with E-state index in [1.54, 1.807) is 0 Å². The van der Waals surface area contributed by atoms with Gasteiger partial charge >= 0.3 is 0 Å². The van der Waals surface area contributed by atoms with Gasteiger partial charge in [-0.1, -0.05) is 0 Å². The van der Waals surface area contributed by atoms with Crippen LogP contribution < -0.4 is 39.7 Å². The predicted molar refractivity (Wildman–Crippen MR) is 228 cm³/mol. The SMILES string of the molecule is NC[C@H]1O[C@@H](O[C@H]2[C@@H](O)[C@H](O[C@@H]3[C@@H](O)[C@H](N)C[C@H](N)[C@H]3O[C@H]3O[C@H](CN)[C@@H](O)[C@H](O)[C@H]3N)O[C@@H]2CSCCCSCC(=O)N[C@H](CO)[C@H](O)c2ccc([N+](=O)[O-])cc2)[C@@H](N)[C@H](O)[C@H]1O. The second-order valence-electron chi connectivity index (χ2n) is 16.2.